The smallest absolute Gasteiger partial charge is 0.296 e. The molecular formula is C24H17Cl2N3O4S2. The maximum atomic E-state index is 13.7. The monoisotopic (exact) mass is 545 g/mol. The molecule has 1 aliphatic heterocycles. The summed E-state index contributed by atoms with van der Waals surface area (Å²) in [6.07, 6.45) is 0. The highest BCUT2D eigenvalue weighted by Crippen LogP contribution is 2.48. The molecule has 1 N–H and O–H groups in total. The lowest BCUT2D eigenvalue weighted by molar-refractivity contribution is -0.117. The van der Waals surface area contributed by atoms with Crippen molar-refractivity contribution in [1.82, 2.24) is 9.97 Å². The summed E-state index contributed by atoms with van der Waals surface area (Å²) < 4.78 is 6.06. The lowest BCUT2D eigenvalue weighted by Crippen LogP contribution is -2.31. The summed E-state index contributed by atoms with van der Waals surface area (Å²) in [5.41, 5.74) is 1.36. The number of halogens is 2. The Bertz CT molecular complexity index is 1540. The Morgan fingerprint density at radius 2 is 1.83 bits per heavy atom. The van der Waals surface area contributed by atoms with Gasteiger partial charge in [0.2, 0.25) is 5.78 Å². The molecule has 1 amide bonds. The van der Waals surface area contributed by atoms with Crippen LogP contribution in [0.4, 0.5) is 5.13 Å². The van der Waals surface area contributed by atoms with Crippen LogP contribution in [-0.4, -0.2) is 33.9 Å². The number of fused-ring (bicyclic) bond motifs is 1. The van der Waals surface area contributed by atoms with E-state index in [0.717, 1.165) is 4.70 Å². The summed E-state index contributed by atoms with van der Waals surface area (Å²) in [5.74, 6) is -1.30. The summed E-state index contributed by atoms with van der Waals surface area (Å²) in [6, 6.07) is 9.16. The van der Waals surface area contributed by atoms with Crippen molar-refractivity contribution in [2.24, 2.45) is 0 Å². The van der Waals surface area contributed by atoms with Gasteiger partial charge in [-0.3, -0.25) is 14.5 Å². The van der Waals surface area contributed by atoms with Crippen LogP contribution in [0.3, 0.4) is 0 Å². The fourth-order valence-corrected chi connectivity index (χ4v) is 6.57. The number of aromatic nitrogens is 2. The average Bonchev–Trinajstić information content (AvgIpc) is 3.46. The van der Waals surface area contributed by atoms with Crippen molar-refractivity contribution in [3.63, 3.8) is 0 Å². The average molecular weight is 546 g/mol. The van der Waals surface area contributed by atoms with Crippen LogP contribution in [0.15, 0.2) is 47.7 Å². The molecule has 0 saturated carbocycles. The number of benzene rings is 2. The molecule has 1 atom stereocenters. The van der Waals surface area contributed by atoms with E-state index in [2.05, 4.69) is 9.97 Å². The maximum Gasteiger partial charge on any atom is 0.296 e. The molecule has 1 aliphatic rings. The van der Waals surface area contributed by atoms with E-state index in [4.69, 9.17) is 27.9 Å². The molecular weight excluding hydrogens is 529 g/mol. The Morgan fingerprint density at radius 3 is 2.46 bits per heavy atom. The van der Waals surface area contributed by atoms with Crippen LogP contribution in [0.5, 0.6) is 5.75 Å². The van der Waals surface area contributed by atoms with Gasteiger partial charge in [0.15, 0.2) is 10.9 Å². The van der Waals surface area contributed by atoms with Crippen molar-refractivity contribution in [3.8, 4) is 5.75 Å². The fourth-order valence-electron chi connectivity index (χ4n) is 4.07. The van der Waals surface area contributed by atoms with Crippen molar-refractivity contribution in [2.75, 3.05) is 12.0 Å². The summed E-state index contributed by atoms with van der Waals surface area (Å²) in [5, 5.41) is 12.5. The maximum absolute atomic E-state index is 13.7. The summed E-state index contributed by atoms with van der Waals surface area (Å²) >= 11 is 15.5. The van der Waals surface area contributed by atoms with Gasteiger partial charge in [-0.25, -0.2) is 9.97 Å². The molecule has 2 aromatic heterocycles. The van der Waals surface area contributed by atoms with Gasteiger partial charge in [-0.15, -0.1) is 11.3 Å². The normalized spacial score (nSPS) is 16.0. The third-order valence-electron chi connectivity index (χ3n) is 5.63. The van der Waals surface area contributed by atoms with Crippen LogP contribution < -0.4 is 9.64 Å². The molecule has 3 heterocycles. The number of anilines is 1. The molecule has 11 heteroatoms. The van der Waals surface area contributed by atoms with Gasteiger partial charge in [0, 0.05) is 15.6 Å². The molecule has 0 aliphatic carbocycles. The zero-order valence-corrected chi connectivity index (χ0v) is 21.8. The predicted octanol–water partition coefficient (Wildman–Crippen LogP) is 6.47. The minimum Gasteiger partial charge on any atom is -0.503 e. The van der Waals surface area contributed by atoms with Crippen LogP contribution in [0.25, 0.3) is 10.2 Å². The number of thiazole rings is 2. The minimum absolute atomic E-state index is 0.117. The van der Waals surface area contributed by atoms with E-state index in [1.807, 2.05) is 0 Å². The highest BCUT2D eigenvalue weighted by molar-refractivity contribution is 7.22. The first kappa shape index (κ1) is 23.7. The number of rotatable bonds is 5. The first-order valence-corrected chi connectivity index (χ1v) is 12.7. The van der Waals surface area contributed by atoms with Gasteiger partial charge < -0.3 is 9.84 Å². The van der Waals surface area contributed by atoms with E-state index in [1.165, 1.54) is 27.6 Å². The topological polar surface area (TPSA) is 92.6 Å². The number of aryl methyl sites for hydroxylation is 2. The summed E-state index contributed by atoms with van der Waals surface area (Å²) in [7, 11) is 1.56. The van der Waals surface area contributed by atoms with E-state index in [0.29, 0.717) is 32.4 Å². The summed E-state index contributed by atoms with van der Waals surface area (Å²) in [6.45, 7) is 3.49. The molecule has 4 aromatic rings. The van der Waals surface area contributed by atoms with Crippen molar-refractivity contribution in [2.45, 2.75) is 19.9 Å². The molecule has 0 fully saturated rings. The number of hydrogen-bond acceptors (Lipinski definition) is 8. The number of Topliss-reactive ketones (excluding diaryl/α,β-unsaturated/α-hetero) is 1. The highest BCUT2D eigenvalue weighted by Gasteiger charge is 2.48. The molecule has 7 nitrogen and oxygen atoms in total. The van der Waals surface area contributed by atoms with Crippen molar-refractivity contribution >= 4 is 72.9 Å². The number of carbonyl (C=O) groups is 2. The zero-order valence-electron chi connectivity index (χ0n) is 18.6. The Kier molecular flexibility index (Phi) is 6.04. The number of aliphatic hydroxyl groups is 1. The number of methoxy groups -OCH3 is 1. The number of amides is 1. The quantitative estimate of drug-likeness (QED) is 0.289. The minimum atomic E-state index is -1.08. The SMILES string of the molecule is COc1ccc2nc(N3C(=O)C(O)=C(C(=O)c4sc(C)nc4C)C3c3c(Cl)cccc3Cl)sc2c1. The van der Waals surface area contributed by atoms with E-state index in [-0.39, 0.29) is 20.7 Å². The Hall–Kier alpha value is -2.98. The Balaban J connectivity index is 1.73. The van der Waals surface area contributed by atoms with Crippen LogP contribution >= 0.6 is 45.9 Å². The first-order chi connectivity index (χ1) is 16.7. The number of carbonyl (C=O) groups excluding carboxylic acids is 2. The van der Waals surface area contributed by atoms with Gasteiger partial charge in [0.1, 0.15) is 11.8 Å². The molecule has 0 bridgehead atoms. The van der Waals surface area contributed by atoms with E-state index in [9.17, 15) is 14.7 Å². The molecule has 0 saturated heterocycles. The van der Waals surface area contributed by atoms with Gasteiger partial charge in [-0.2, -0.15) is 0 Å². The van der Waals surface area contributed by atoms with Crippen molar-refractivity contribution in [1.29, 1.82) is 0 Å². The number of nitrogens with zero attached hydrogens (tertiary/aromatic N) is 3. The molecule has 0 spiro atoms. The highest BCUT2D eigenvalue weighted by atomic mass is 35.5. The molecule has 2 aromatic carbocycles. The van der Waals surface area contributed by atoms with Crippen LogP contribution in [0, 0.1) is 13.8 Å². The molecule has 1 unspecified atom stereocenters. The third kappa shape index (κ3) is 3.88. The molecule has 5 rings (SSSR count). The Labute approximate surface area is 218 Å². The standard InChI is InChI=1S/C24H17Cl2N3O4S2/c1-10-22(34-11(2)27-10)20(30)18-19(17-13(25)5-4-6-14(17)26)29(23(32)21(18)31)24-28-15-8-7-12(33-3)9-16(15)35-24/h4-9,19,31H,1-3H3. The number of ketones is 1. The van der Waals surface area contributed by atoms with E-state index < -0.39 is 23.5 Å². The number of ether oxygens (including phenoxy) is 1. The van der Waals surface area contributed by atoms with Crippen molar-refractivity contribution < 1.29 is 19.4 Å². The molecule has 178 valence electrons. The lowest BCUT2D eigenvalue weighted by atomic mass is 9.95. The van der Waals surface area contributed by atoms with Gasteiger partial charge in [0.05, 0.1) is 38.5 Å². The summed E-state index contributed by atoms with van der Waals surface area (Å²) in [4.78, 5) is 37.7. The zero-order chi connectivity index (χ0) is 25.0. The van der Waals surface area contributed by atoms with Crippen LogP contribution in [0.1, 0.15) is 32.0 Å². The third-order valence-corrected chi connectivity index (χ3v) is 8.37. The second-order valence-corrected chi connectivity index (χ2v) is 10.8. The van der Waals surface area contributed by atoms with Crippen LogP contribution in [0.2, 0.25) is 10.0 Å². The molecule has 0 radical (unpaired) electrons. The first-order valence-electron chi connectivity index (χ1n) is 10.3. The van der Waals surface area contributed by atoms with Gasteiger partial charge in [-0.1, -0.05) is 40.6 Å². The van der Waals surface area contributed by atoms with Gasteiger partial charge >= 0.3 is 0 Å². The van der Waals surface area contributed by atoms with E-state index >= 15 is 0 Å². The molecule has 35 heavy (non-hydrogen) atoms. The van der Waals surface area contributed by atoms with E-state index in [1.54, 1.807) is 57.4 Å². The largest absolute Gasteiger partial charge is 0.503 e. The lowest BCUT2D eigenvalue weighted by Gasteiger charge is -2.26. The second kappa shape index (κ2) is 8.91. The van der Waals surface area contributed by atoms with Gasteiger partial charge in [-0.05, 0) is 44.2 Å². The fraction of sp³-hybridized carbons (Fsp3) is 0.167. The van der Waals surface area contributed by atoms with Crippen molar-refractivity contribution in [3.05, 3.63) is 78.9 Å². The number of aliphatic hydroxyl groups excluding tert-OH is 1. The predicted molar refractivity (Wildman–Crippen MR) is 138 cm³/mol. The second-order valence-electron chi connectivity index (χ2n) is 7.78. The van der Waals surface area contributed by atoms with Gasteiger partial charge in [0.25, 0.3) is 5.91 Å². The number of hydrogen-bond donors (Lipinski definition) is 1. The van der Waals surface area contributed by atoms with Crippen LogP contribution in [-0.2, 0) is 4.79 Å². The Morgan fingerprint density at radius 1 is 1.11 bits per heavy atom.